The van der Waals surface area contributed by atoms with Crippen LogP contribution in [-0.4, -0.2) is 68.6 Å². The summed E-state index contributed by atoms with van der Waals surface area (Å²) in [6.45, 7) is 0.672. The minimum atomic E-state index is -0.719. The van der Waals surface area contributed by atoms with E-state index in [0.717, 1.165) is 22.3 Å². The third-order valence-corrected chi connectivity index (χ3v) is 9.15. The molecule has 1 aliphatic rings. The number of rotatable bonds is 16. The maximum atomic E-state index is 12.6. The van der Waals surface area contributed by atoms with E-state index >= 15 is 0 Å². The molecule has 0 aliphatic heterocycles. The van der Waals surface area contributed by atoms with Gasteiger partial charge in [0.15, 0.2) is 56.9 Å². The van der Waals surface area contributed by atoms with E-state index in [1.807, 2.05) is 36.4 Å². The molecule has 4 amide bonds. The summed E-state index contributed by atoms with van der Waals surface area (Å²) in [5, 5.41) is 10.3. The summed E-state index contributed by atoms with van der Waals surface area (Å²) >= 11 is 11.6. The van der Waals surface area contributed by atoms with Crippen LogP contribution in [0.25, 0.3) is 22.3 Å². The van der Waals surface area contributed by atoms with Gasteiger partial charge in [0.1, 0.15) is 0 Å². The Hall–Kier alpha value is -6.80. The van der Waals surface area contributed by atoms with Crippen LogP contribution in [0.5, 0.6) is 0 Å². The maximum absolute atomic E-state index is 12.6. The lowest BCUT2D eigenvalue weighted by molar-refractivity contribution is -0.117. The molecule has 0 unspecified atom stereocenters. The van der Waals surface area contributed by atoms with Gasteiger partial charge in [-0.3, -0.25) is 39.8 Å². The fourth-order valence-electron chi connectivity index (χ4n) is 5.74. The van der Waals surface area contributed by atoms with Crippen LogP contribution in [0.2, 0.25) is 10.3 Å². The number of nitrogens with zero attached hydrogens (tertiary/aromatic N) is 6. The minimum absolute atomic E-state index is 0.0955. The summed E-state index contributed by atoms with van der Waals surface area (Å²) in [6, 6.07) is 11.5. The van der Waals surface area contributed by atoms with Gasteiger partial charge in [0.25, 0.3) is 11.8 Å². The van der Waals surface area contributed by atoms with Crippen LogP contribution in [0.1, 0.15) is 72.3 Å². The highest BCUT2D eigenvalue weighted by molar-refractivity contribution is 6.32. The molecule has 20 nitrogen and oxygen atoms in total. The summed E-state index contributed by atoms with van der Waals surface area (Å²) in [5.74, 6) is -2.47. The number of amides is 4. The van der Waals surface area contributed by atoms with Gasteiger partial charge in [-0.15, -0.1) is 0 Å². The van der Waals surface area contributed by atoms with Crippen molar-refractivity contribution < 1.29 is 19.2 Å². The third kappa shape index (κ3) is 11.2. The SMILES string of the molecule is NC(=NCCCCCC(=O)Nc1ccc2c(c1)-c1ccc(NC(=O)CCCCCN=C(N)NC(=O)c3nc(Cl)c(N)nc3N)cc1-2)NC(=O)c1nc(Cl)c(N)nc1N. The van der Waals surface area contributed by atoms with E-state index in [1.165, 1.54) is 0 Å². The molecule has 5 rings (SSSR count). The molecule has 2 aromatic carbocycles. The van der Waals surface area contributed by atoms with Gasteiger partial charge in [0.2, 0.25) is 11.8 Å². The molecule has 2 aromatic heterocycles. The molecular weight excluding hydrogens is 791 g/mol. The van der Waals surface area contributed by atoms with Crippen LogP contribution in [0, 0.1) is 0 Å². The normalized spacial score (nSPS) is 11.8. The number of aliphatic imine (C=N–C) groups is 2. The van der Waals surface area contributed by atoms with E-state index in [4.69, 9.17) is 57.6 Å². The number of hydrogen-bond donors (Lipinski definition) is 10. The van der Waals surface area contributed by atoms with E-state index in [1.54, 1.807) is 0 Å². The highest BCUT2D eigenvalue weighted by atomic mass is 35.5. The summed E-state index contributed by atoms with van der Waals surface area (Å²) in [4.78, 5) is 73.3. The molecule has 304 valence electrons. The smallest absolute Gasteiger partial charge is 0.280 e. The maximum Gasteiger partial charge on any atom is 0.280 e. The lowest BCUT2D eigenvalue weighted by Gasteiger charge is -2.25. The van der Waals surface area contributed by atoms with Crippen LogP contribution in [0.4, 0.5) is 34.6 Å². The number of nitrogens with one attached hydrogen (secondary N) is 4. The topological polar surface area (TPSA) is 349 Å². The monoisotopic (exact) mass is 832 g/mol. The van der Waals surface area contributed by atoms with Gasteiger partial charge in [-0.25, -0.2) is 19.9 Å². The summed E-state index contributed by atoms with van der Waals surface area (Å²) in [5.41, 5.74) is 39.0. The van der Waals surface area contributed by atoms with Gasteiger partial charge >= 0.3 is 0 Å². The van der Waals surface area contributed by atoms with Crippen LogP contribution >= 0.6 is 23.2 Å². The number of benzene rings is 2. The van der Waals surface area contributed by atoms with Crippen molar-refractivity contribution in [3.8, 4) is 22.3 Å². The second-order valence-electron chi connectivity index (χ2n) is 12.9. The van der Waals surface area contributed by atoms with Crippen molar-refractivity contribution in [1.82, 2.24) is 30.6 Å². The molecule has 0 radical (unpaired) electrons. The second-order valence-corrected chi connectivity index (χ2v) is 13.7. The molecular formula is C36H42Cl2N16O4. The molecule has 0 saturated heterocycles. The van der Waals surface area contributed by atoms with Crippen LogP contribution in [0.3, 0.4) is 0 Å². The fraction of sp³-hybridized carbons (Fsp3) is 0.278. The molecule has 0 atom stereocenters. The first-order valence-electron chi connectivity index (χ1n) is 18.0. The second kappa shape index (κ2) is 19.4. The molecule has 0 bridgehead atoms. The lowest BCUT2D eigenvalue weighted by atomic mass is 9.80. The van der Waals surface area contributed by atoms with Crippen molar-refractivity contribution in [2.24, 2.45) is 21.5 Å². The highest BCUT2D eigenvalue weighted by Crippen LogP contribution is 2.49. The number of hydrogen-bond acceptors (Lipinski definition) is 14. The van der Waals surface area contributed by atoms with Crippen LogP contribution < -0.4 is 55.7 Å². The third-order valence-electron chi connectivity index (χ3n) is 8.60. The van der Waals surface area contributed by atoms with Crippen molar-refractivity contribution in [3.63, 3.8) is 0 Å². The van der Waals surface area contributed by atoms with Gasteiger partial charge in [-0.1, -0.05) is 48.2 Å². The Labute approximate surface area is 342 Å². The summed E-state index contributed by atoms with van der Waals surface area (Å²) in [7, 11) is 0. The average Bonchev–Trinajstić information content (AvgIpc) is 3.16. The number of fused-ring (bicyclic) bond motifs is 4. The van der Waals surface area contributed by atoms with Crippen LogP contribution in [-0.2, 0) is 9.59 Å². The van der Waals surface area contributed by atoms with Crippen molar-refractivity contribution in [2.45, 2.75) is 51.4 Å². The molecule has 0 fully saturated rings. The van der Waals surface area contributed by atoms with E-state index in [-0.39, 0.29) is 68.7 Å². The zero-order valence-corrected chi connectivity index (χ0v) is 32.6. The molecule has 58 heavy (non-hydrogen) atoms. The number of nitrogen functional groups attached to an aromatic ring is 4. The van der Waals surface area contributed by atoms with E-state index in [0.29, 0.717) is 75.8 Å². The van der Waals surface area contributed by atoms with Gasteiger partial charge in [-0.05, 0) is 72.2 Å². The minimum Gasteiger partial charge on any atom is -0.382 e. The molecule has 0 saturated carbocycles. The summed E-state index contributed by atoms with van der Waals surface area (Å²) in [6.07, 6.45) is 4.62. The number of unbranched alkanes of at least 4 members (excludes halogenated alkanes) is 4. The molecule has 1 aliphatic carbocycles. The lowest BCUT2D eigenvalue weighted by Crippen LogP contribution is -2.38. The Morgan fingerprint density at radius 3 is 1.33 bits per heavy atom. The number of aromatic nitrogens is 4. The first-order chi connectivity index (χ1) is 27.7. The van der Waals surface area contributed by atoms with Gasteiger partial charge in [0, 0.05) is 37.3 Å². The van der Waals surface area contributed by atoms with Crippen molar-refractivity contribution >= 4 is 93.4 Å². The molecule has 22 heteroatoms. The molecule has 0 spiro atoms. The Morgan fingerprint density at radius 1 is 0.534 bits per heavy atom. The van der Waals surface area contributed by atoms with Crippen molar-refractivity contribution in [3.05, 3.63) is 58.1 Å². The quantitative estimate of drug-likeness (QED) is 0.0388. The largest absolute Gasteiger partial charge is 0.382 e. The predicted molar refractivity (Wildman–Crippen MR) is 225 cm³/mol. The first-order valence-corrected chi connectivity index (χ1v) is 18.7. The fourth-order valence-corrected chi connectivity index (χ4v) is 5.99. The van der Waals surface area contributed by atoms with Crippen LogP contribution in [0.15, 0.2) is 46.4 Å². The van der Waals surface area contributed by atoms with Crippen molar-refractivity contribution in [1.29, 1.82) is 0 Å². The number of carbonyl (C=O) groups is 4. The Kier molecular flexibility index (Phi) is 14.1. The van der Waals surface area contributed by atoms with E-state index in [9.17, 15) is 19.2 Å². The number of halogens is 2. The highest BCUT2D eigenvalue weighted by Gasteiger charge is 2.24. The van der Waals surface area contributed by atoms with Crippen molar-refractivity contribution in [2.75, 3.05) is 46.7 Å². The van der Waals surface area contributed by atoms with Gasteiger partial charge in [-0.2, -0.15) is 0 Å². The zero-order valence-electron chi connectivity index (χ0n) is 31.1. The van der Waals surface area contributed by atoms with E-state index in [2.05, 4.69) is 51.2 Å². The van der Waals surface area contributed by atoms with Gasteiger partial charge < -0.3 is 45.0 Å². The number of guanidine groups is 2. The average molecular weight is 834 g/mol. The number of carbonyl (C=O) groups excluding carboxylic acids is 4. The first kappa shape index (κ1) is 42.3. The van der Waals surface area contributed by atoms with Gasteiger partial charge in [0.05, 0.1) is 0 Å². The molecule has 4 aromatic rings. The summed E-state index contributed by atoms with van der Waals surface area (Å²) < 4.78 is 0. The predicted octanol–water partition coefficient (Wildman–Crippen LogP) is 3.04. The Balaban J connectivity index is 0.960. The zero-order chi connectivity index (χ0) is 41.9. The standard InChI is InChI=1S/C36H42Cl2N16O4/c37-27-31(41)51-29(39)25(49-27)33(57)53-35(43)45-13-5-1-3-7-23(55)47-17-9-11-19-21(15-17)20-12-10-18(16-22(19)20)48-24(56)8-4-2-6-14-46-36(44)54-34(58)26-30(40)52-32(42)28(38)50-26/h9-12,15-16H,1-8,13-14H2,(H,47,55)(H,48,56)(H4,39,41,51)(H4,40,42,52)(H3,43,45,53,57)(H3,44,46,54,58). The Bertz CT molecular complexity index is 2130. The molecule has 2 heterocycles. The number of anilines is 6. The Morgan fingerprint density at radius 2 is 0.931 bits per heavy atom. The molecule has 16 N–H and O–H groups in total. The van der Waals surface area contributed by atoms with E-state index < -0.39 is 11.8 Å². The number of nitrogens with two attached hydrogens (primary N) is 6.